The summed E-state index contributed by atoms with van der Waals surface area (Å²) < 4.78 is 7.67. The third-order valence-corrected chi connectivity index (χ3v) is 4.48. The van der Waals surface area contributed by atoms with E-state index in [1.165, 1.54) is 5.56 Å². The van der Waals surface area contributed by atoms with Crippen molar-refractivity contribution in [2.45, 2.75) is 25.4 Å². The predicted octanol–water partition coefficient (Wildman–Crippen LogP) is 2.03. The van der Waals surface area contributed by atoms with Crippen molar-refractivity contribution in [1.29, 1.82) is 0 Å². The van der Waals surface area contributed by atoms with Crippen molar-refractivity contribution < 1.29 is 9.53 Å². The molecule has 1 aromatic carbocycles. The van der Waals surface area contributed by atoms with Crippen molar-refractivity contribution in [1.82, 2.24) is 14.7 Å². The molecule has 1 amide bonds. The van der Waals surface area contributed by atoms with Crippen molar-refractivity contribution in [3.05, 3.63) is 42.2 Å². The topological polar surface area (TPSA) is 59.2 Å². The summed E-state index contributed by atoms with van der Waals surface area (Å²) in [6.07, 6.45) is 5.99. The van der Waals surface area contributed by atoms with Gasteiger partial charge in [-0.1, -0.05) is 0 Å². The fraction of sp³-hybridized carbons (Fsp3) is 0.444. The van der Waals surface area contributed by atoms with Gasteiger partial charge < -0.3 is 10.1 Å². The maximum atomic E-state index is 11.7. The third-order valence-electron chi connectivity index (χ3n) is 4.48. The minimum atomic E-state index is 0.132. The van der Waals surface area contributed by atoms with Crippen molar-refractivity contribution in [3.63, 3.8) is 0 Å². The number of nitrogens with zero attached hydrogens (tertiary/aromatic N) is 3. The second kappa shape index (κ2) is 6.28. The number of aryl methyl sites for hydroxylation is 1. The minimum absolute atomic E-state index is 0.132. The number of hydrogen-bond acceptors (Lipinski definition) is 4. The lowest BCUT2D eigenvalue weighted by Gasteiger charge is -2.08. The Morgan fingerprint density at radius 3 is 2.79 bits per heavy atom. The summed E-state index contributed by atoms with van der Waals surface area (Å²) in [4.78, 5) is 14.1. The van der Waals surface area contributed by atoms with E-state index in [0.717, 1.165) is 37.4 Å². The third kappa shape index (κ3) is 3.76. The van der Waals surface area contributed by atoms with Crippen LogP contribution in [0.4, 0.5) is 5.69 Å². The molecule has 1 saturated carbocycles. The number of ether oxygens (including phenoxy) is 1. The van der Waals surface area contributed by atoms with E-state index in [9.17, 15) is 4.79 Å². The molecule has 2 aliphatic rings. The van der Waals surface area contributed by atoms with E-state index < -0.39 is 0 Å². The smallest absolute Gasteiger partial charge is 0.227 e. The average molecular weight is 326 g/mol. The lowest BCUT2D eigenvalue weighted by Crippen LogP contribution is -2.13. The standard InChI is InChI=1S/C18H22N4O2/c1-21-9-13(8-19-21)10-22-11-16(22)12-24-17-6-4-15(5-7-17)20-18(23)14-2-3-14/h4-9,14,16H,2-3,10-12H2,1H3,(H,20,23). The number of nitrogens with one attached hydrogen (secondary N) is 1. The Morgan fingerprint density at radius 1 is 1.33 bits per heavy atom. The Bertz CT molecular complexity index is 721. The lowest BCUT2D eigenvalue weighted by atomic mass is 10.3. The first-order valence-electron chi connectivity index (χ1n) is 8.43. The molecule has 24 heavy (non-hydrogen) atoms. The first-order chi connectivity index (χ1) is 11.7. The molecule has 0 bridgehead atoms. The monoisotopic (exact) mass is 326 g/mol. The van der Waals surface area contributed by atoms with E-state index in [2.05, 4.69) is 15.3 Å². The predicted molar refractivity (Wildman–Crippen MR) is 90.7 cm³/mol. The summed E-state index contributed by atoms with van der Waals surface area (Å²) >= 11 is 0. The van der Waals surface area contributed by atoms with Gasteiger partial charge in [-0.25, -0.2) is 0 Å². The minimum Gasteiger partial charge on any atom is -0.492 e. The quantitative estimate of drug-likeness (QED) is 0.791. The Balaban J connectivity index is 1.21. The number of amides is 1. The van der Waals surface area contributed by atoms with Crippen LogP contribution in [0.3, 0.4) is 0 Å². The van der Waals surface area contributed by atoms with Gasteiger partial charge in [0.1, 0.15) is 12.4 Å². The van der Waals surface area contributed by atoms with Crippen LogP contribution >= 0.6 is 0 Å². The molecule has 2 heterocycles. The molecule has 1 N–H and O–H groups in total. The Morgan fingerprint density at radius 2 is 2.12 bits per heavy atom. The van der Waals surface area contributed by atoms with Crippen molar-refractivity contribution in [2.75, 3.05) is 18.5 Å². The van der Waals surface area contributed by atoms with Gasteiger partial charge >= 0.3 is 0 Å². The normalized spacial score (nSPS) is 22.2. The van der Waals surface area contributed by atoms with Gasteiger partial charge in [0.05, 0.1) is 12.2 Å². The summed E-state index contributed by atoms with van der Waals surface area (Å²) in [7, 11) is 1.93. The number of rotatable bonds is 7. The van der Waals surface area contributed by atoms with Crippen LogP contribution in [0.1, 0.15) is 18.4 Å². The molecule has 2 aromatic rings. The average Bonchev–Trinajstić information content (AvgIpc) is 3.48. The summed E-state index contributed by atoms with van der Waals surface area (Å²) in [6, 6.07) is 8.10. The molecule has 6 nitrogen and oxygen atoms in total. The molecule has 0 radical (unpaired) electrons. The molecule has 1 aromatic heterocycles. The zero-order valence-electron chi connectivity index (χ0n) is 13.8. The highest BCUT2D eigenvalue weighted by Crippen LogP contribution is 2.30. The fourth-order valence-electron chi connectivity index (χ4n) is 2.78. The molecular weight excluding hydrogens is 304 g/mol. The van der Waals surface area contributed by atoms with E-state index >= 15 is 0 Å². The van der Waals surface area contributed by atoms with E-state index in [0.29, 0.717) is 12.6 Å². The molecule has 1 aliphatic heterocycles. The zero-order valence-corrected chi connectivity index (χ0v) is 13.8. The Kier molecular flexibility index (Phi) is 3.98. The van der Waals surface area contributed by atoms with Crippen LogP contribution < -0.4 is 10.1 Å². The number of anilines is 1. The molecule has 2 atom stereocenters. The van der Waals surface area contributed by atoms with Crippen molar-refractivity contribution in [3.8, 4) is 5.75 Å². The largest absolute Gasteiger partial charge is 0.492 e. The Labute approximate surface area is 141 Å². The second-order valence-corrected chi connectivity index (χ2v) is 6.70. The number of carbonyl (C=O) groups excluding carboxylic acids is 1. The molecule has 6 heteroatoms. The summed E-state index contributed by atoms with van der Waals surface area (Å²) in [5.74, 6) is 1.20. The summed E-state index contributed by atoms with van der Waals surface area (Å²) in [5, 5.41) is 7.12. The number of benzene rings is 1. The first-order valence-corrected chi connectivity index (χ1v) is 8.43. The molecule has 2 fully saturated rings. The van der Waals surface area contributed by atoms with Gasteiger partial charge in [0.25, 0.3) is 0 Å². The molecule has 0 spiro atoms. The van der Waals surface area contributed by atoms with Gasteiger partial charge in [-0.15, -0.1) is 0 Å². The van der Waals surface area contributed by atoms with E-state index in [4.69, 9.17) is 4.74 Å². The molecule has 1 aliphatic carbocycles. The van der Waals surface area contributed by atoms with Gasteiger partial charge in [-0.3, -0.25) is 14.4 Å². The van der Waals surface area contributed by atoms with Gasteiger partial charge in [0.2, 0.25) is 5.91 Å². The van der Waals surface area contributed by atoms with E-state index in [1.807, 2.05) is 48.4 Å². The maximum absolute atomic E-state index is 11.7. The van der Waals surface area contributed by atoms with Crippen LogP contribution in [-0.4, -0.2) is 39.8 Å². The zero-order chi connectivity index (χ0) is 16.5. The van der Waals surface area contributed by atoms with Crippen LogP contribution in [-0.2, 0) is 18.4 Å². The SMILES string of the molecule is Cn1cc(CN2CC2COc2ccc(NC(=O)C3CC3)cc2)cn1. The van der Waals surface area contributed by atoms with Crippen molar-refractivity contribution in [2.24, 2.45) is 13.0 Å². The summed E-state index contributed by atoms with van der Waals surface area (Å²) in [5.41, 5.74) is 2.07. The molecule has 4 rings (SSSR count). The maximum Gasteiger partial charge on any atom is 0.227 e. The highest BCUT2D eigenvalue weighted by atomic mass is 16.5. The number of hydrogen-bond donors (Lipinski definition) is 1. The van der Waals surface area contributed by atoms with Crippen LogP contribution in [0.5, 0.6) is 5.75 Å². The van der Waals surface area contributed by atoms with Crippen LogP contribution in [0.15, 0.2) is 36.7 Å². The molecular formula is C18H22N4O2. The molecule has 2 unspecified atom stereocenters. The Hall–Kier alpha value is -2.34. The van der Waals surface area contributed by atoms with Crippen LogP contribution in [0.2, 0.25) is 0 Å². The van der Waals surface area contributed by atoms with E-state index in [-0.39, 0.29) is 11.8 Å². The highest BCUT2D eigenvalue weighted by Gasteiger charge is 2.34. The van der Waals surface area contributed by atoms with Gasteiger partial charge in [-0.05, 0) is 37.1 Å². The fourth-order valence-corrected chi connectivity index (χ4v) is 2.78. The van der Waals surface area contributed by atoms with Crippen LogP contribution in [0, 0.1) is 5.92 Å². The summed E-state index contributed by atoms with van der Waals surface area (Å²) in [6.45, 7) is 2.67. The van der Waals surface area contributed by atoms with Gasteiger partial charge in [-0.2, -0.15) is 5.10 Å². The number of carbonyl (C=O) groups is 1. The van der Waals surface area contributed by atoms with Gasteiger partial charge in [0, 0.05) is 43.5 Å². The molecule has 126 valence electrons. The van der Waals surface area contributed by atoms with E-state index in [1.54, 1.807) is 0 Å². The highest BCUT2D eigenvalue weighted by molar-refractivity contribution is 5.94. The lowest BCUT2D eigenvalue weighted by molar-refractivity contribution is -0.117. The first kappa shape index (κ1) is 15.2. The number of aromatic nitrogens is 2. The van der Waals surface area contributed by atoms with Crippen LogP contribution in [0.25, 0.3) is 0 Å². The van der Waals surface area contributed by atoms with Gasteiger partial charge in [0.15, 0.2) is 0 Å². The van der Waals surface area contributed by atoms with Crippen molar-refractivity contribution >= 4 is 11.6 Å². The second-order valence-electron chi connectivity index (χ2n) is 6.70. The molecule has 1 saturated heterocycles.